The van der Waals surface area contributed by atoms with E-state index in [1.54, 1.807) is 18.2 Å². The highest BCUT2D eigenvalue weighted by molar-refractivity contribution is 5.66. The zero-order valence-electron chi connectivity index (χ0n) is 9.04. The smallest absolute Gasteiger partial charge is 0.270 e. The molecule has 0 aliphatic carbocycles. The standard InChI is InChI=1S/C13H11NO3/c15-9-10-4-6-11(7-5-10)12-2-1-3-13(8-12)14(16)17/h1-8,15H,9H2. The van der Waals surface area contributed by atoms with Crippen molar-refractivity contribution in [3.05, 3.63) is 64.2 Å². The normalized spacial score (nSPS) is 10.2. The highest BCUT2D eigenvalue weighted by Crippen LogP contribution is 2.23. The van der Waals surface area contributed by atoms with Crippen molar-refractivity contribution in [2.75, 3.05) is 0 Å². The first-order valence-corrected chi connectivity index (χ1v) is 5.15. The molecule has 2 aromatic rings. The Morgan fingerprint density at radius 1 is 1.06 bits per heavy atom. The van der Waals surface area contributed by atoms with E-state index in [0.717, 1.165) is 16.7 Å². The summed E-state index contributed by atoms with van der Waals surface area (Å²) in [5.74, 6) is 0. The number of aliphatic hydroxyl groups excluding tert-OH is 1. The SMILES string of the molecule is O=[N+]([O-])c1cccc(-c2ccc(CO)cc2)c1. The van der Waals surface area contributed by atoms with Crippen LogP contribution in [0.4, 0.5) is 5.69 Å². The van der Waals surface area contributed by atoms with Crippen LogP contribution in [-0.4, -0.2) is 10.0 Å². The third kappa shape index (κ3) is 2.49. The van der Waals surface area contributed by atoms with E-state index in [9.17, 15) is 10.1 Å². The van der Waals surface area contributed by atoms with Crippen LogP contribution in [0.25, 0.3) is 11.1 Å². The van der Waals surface area contributed by atoms with Crippen molar-refractivity contribution in [1.82, 2.24) is 0 Å². The Kier molecular flexibility index (Phi) is 3.16. The molecular weight excluding hydrogens is 218 g/mol. The van der Waals surface area contributed by atoms with Crippen molar-refractivity contribution in [2.24, 2.45) is 0 Å². The Morgan fingerprint density at radius 2 is 1.76 bits per heavy atom. The summed E-state index contributed by atoms with van der Waals surface area (Å²) >= 11 is 0. The minimum atomic E-state index is -0.411. The molecule has 0 heterocycles. The lowest BCUT2D eigenvalue weighted by molar-refractivity contribution is -0.384. The van der Waals surface area contributed by atoms with Crippen LogP contribution in [0, 0.1) is 10.1 Å². The first-order valence-electron chi connectivity index (χ1n) is 5.15. The average molecular weight is 229 g/mol. The Hall–Kier alpha value is -2.20. The lowest BCUT2D eigenvalue weighted by Crippen LogP contribution is -1.88. The minimum absolute atomic E-state index is 0.00474. The Balaban J connectivity index is 2.38. The van der Waals surface area contributed by atoms with E-state index in [-0.39, 0.29) is 12.3 Å². The summed E-state index contributed by atoms with van der Waals surface area (Å²) in [7, 11) is 0. The summed E-state index contributed by atoms with van der Waals surface area (Å²) in [5, 5.41) is 19.6. The maximum absolute atomic E-state index is 10.7. The number of nitrogens with zero attached hydrogens (tertiary/aromatic N) is 1. The highest BCUT2D eigenvalue weighted by Gasteiger charge is 2.06. The van der Waals surface area contributed by atoms with Crippen LogP contribution in [0.2, 0.25) is 0 Å². The van der Waals surface area contributed by atoms with Gasteiger partial charge in [0.1, 0.15) is 0 Å². The molecule has 0 fully saturated rings. The Labute approximate surface area is 98.3 Å². The highest BCUT2D eigenvalue weighted by atomic mass is 16.6. The molecule has 0 aliphatic heterocycles. The molecule has 0 saturated carbocycles. The summed E-state index contributed by atoms with van der Waals surface area (Å²) in [4.78, 5) is 10.2. The second-order valence-corrected chi connectivity index (χ2v) is 3.66. The molecule has 0 aromatic heterocycles. The lowest BCUT2D eigenvalue weighted by Gasteiger charge is -2.02. The number of benzene rings is 2. The molecule has 0 radical (unpaired) electrons. The second kappa shape index (κ2) is 4.76. The van der Waals surface area contributed by atoms with Gasteiger partial charge in [0.15, 0.2) is 0 Å². The zero-order valence-corrected chi connectivity index (χ0v) is 9.04. The van der Waals surface area contributed by atoms with Crippen LogP contribution in [-0.2, 0) is 6.61 Å². The van der Waals surface area contributed by atoms with E-state index in [0.29, 0.717) is 0 Å². The minimum Gasteiger partial charge on any atom is -0.392 e. The van der Waals surface area contributed by atoms with E-state index in [2.05, 4.69) is 0 Å². The number of rotatable bonds is 3. The van der Waals surface area contributed by atoms with E-state index < -0.39 is 4.92 Å². The fourth-order valence-electron chi connectivity index (χ4n) is 1.60. The van der Waals surface area contributed by atoms with Crippen molar-refractivity contribution < 1.29 is 10.0 Å². The molecule has 4 nitrogen and oxygen atoms in total. The van der Waals surface area contributed by atoms with Crippen molar-refractivity contribution in [3.8, 4) is 11.1 Å². The third-order valence-electron chi connectivity index (χ3n) is 2.53. The fourth-order valence-corrected chi connectivity index (χ4v) is 1.60. The zero-order chi connectivity index (χ0) is 12.3. The van der Waals surface area contributed by atoms with E-state index in [4.69, 9.17) is 5.11 Å². The van der Waals surface area contributed by atoms with Gasteiger partial charge < -0.3 is 5.11 Å². The average Bonchev–Trinajstić information content (AvgIpc) is 2.39. The molecule has 0 bridgehead atoms. The quantitative estimate of drug-likeness (QED) is 0.650. The molecule has 2 rings (SSSR count). The van der Waals surface area contributed by atoms with E-state index in [1.165, 1.54) is 12.1 Å². The van der Waals surface area contributed by atoms with Crippen molar-refractivity contribution >= 4 is 5.69 Å². The van der Waals surface area contributed by atoms with E-state index in [1.807, 2.05) is 18.2 Å². The molecule has 0 atom stereocenters. The predicted molar refractivity (Wildman–Crippen MR) is 64.5 cm³/mol. The maximum atomic E-state index is 10.7. The monoisotopic (exact) mass is 229 g/mol. The van der Waals surface area contributed by atoms with Crippen LogP contribution in [0.3, 0.4) is 0 Å². The molecule has 4 heteroatoms. The first-order chi connectivity index (χ1) is 8.20. The van der Waals surface area contributed by atoms with Gasteiger partial charge in [-0.1, -0.05) is 36.4 Å². The maximum Gasteiger partial charge on any atom is 0.270 e. The summed E-state index contributed by atoms with van der Waals surface area (Å²) in [6.45, 7) is -0.00474. The van der Waals surface area contributed by atoms with Gasteiger partial charge in [-0.25, -0.2) is 0 Å². The molecule has 86 valence electrons. The van der Waals surface area contributed by atoms with E-state index >= 15 is 0 Å². The Bertz CT molecular complexity index is 535. The largest absolute Gasteiger partial charge is 0.392 e. The number of aliphatic hydroxyl groups is 1. The molecule has 17 heavy (non-hydrogen) atoms. The summed E-state index contributed by atoms with van der Waals surface area (Å²) in [6, 6.07) is 13.8. The number of nitro groups is 1. The summed E-state index contributed by atoms with van der Waals surface area (Å²) in [5.41, 5.74) is 2.59. The summed E-state index contributed by atoms with van der Waals surface area (Å²) in [6.07, 6.45) is 0. The van der Waals surface area contributed by atoms with Crippen LogP contribution < -0.4 is 0 Å². The van der Waals surface area contributed by atoms with Crippen LogP contribution in [0.15, 0.2) is 48.5 Å². The van der Waals surface area contributed by atoms with Gasteiger partial charge in [-0.05, 0) is 16.7 Å². The molecule has 0 amide bonds. The molecule has 0 unspecified atom stereocenters. The van der Waals surface area contributed by atoms with Gasteiger partial charge in [-0.2, -0.15) is 0 Å². The van der Waals surface area contributed by atoms with Gasteiger partial charge in [-0.15, -0.1) is 0 Å². The number of hydrogen-bond donors (Lipinski definition) is 1. The van der Waals surface area contributed by atoms with Gasteiger partial charge >= 0.3 is 0 Å². The van der Waals surface area contributed by atoms with Gasteiger partial charge in [0.05, 0.1) is 11.5 Å². The number of non-ortho nitro benzene ring substituents is 1. The molecule has 0 saturated heterocycles. The van der Waals surface area contributed by atoms with Gasteiger partial charge in [0, 0.05) is 12.1 Å². The second-order valence-electron chi connectivity index (χ2n) is 3.66. The predicted octanol–water partition coefficient (Wildman–Crippen LogP) is 2.75. The van der Waals surface area contributed by atoms with Gasteiger partial charge in [0.25, 0.3) is 5.69 Å². The van der Waals surface area contributed by atoms with Crippen LogP contribution in [0.1, 0.15) is 5.56 Å². The van der Waals surface area contributed by atoms with Crippen LogP contribution in [0.5, 0.6) is 0 Å². The van der Waals surface area contributed by atoms with Crippen molar-refractivity contribution in [3.63, 3.8) is 0 Å². The molecule has 0 spiro atoms. The fraction of sp³-hybridized carbons (Fsp3) is 0.0769. The van der Waals surface area contributed by atoms with Crippen molar-refractivity contribution in [1.29, 1.82) is 0 Å². The lowest BCUT2D eigenvalue weighted by atomic mass is 10.0. The first kappa shape index (κ1) is 11.3. The molecule has 0 aliphatic rings. The molecule has 1 N–H and O–H groups in total. The summed E-state index contributed by atoms with van der Waals surface area (Å²) < 4.78 is 0. The number of hydrogen-bond acceptors (Lipinski definition) is 3. The topological polar surface area (TPSA) is 63.4 Å². The van der Waals surface area contributed by atoms with Gasteiger partial charge in [-0.3, -0.25) is 10.1 Å². The van der Waals surface area contributed by atoms with Crippen LogP contribution >= 0.6 is 0 Å². The Morgan fingerprint density at radius 3 is 2.35 bits per heavy atom. The van der Waals surface area contributed by atoms with Crippen molar-refractivity contribution in [2.45, 2.75) is 6.61 Å². The number of nitro benzene ring substituents is 1. The molecular formula is C13H11NO3. The third-order valence-corrected chi connectivity index (χ3v) is 2.53. The van der Waals surface area contributed by atoms with Gasteiger partial charge in [0.2, 0.25) is 0 Å². The molecule has 2 aromatic carbocycles.